The van der Waals surface area contributed by atoms with E-state index in [0.29, 0.717) is 0 Å². The molecule has 0 atom stereocenters. The number of aromatic nitrogens is 2. The summed E-state index contributed by atoms with van der Waals surface area (Å²) in [6.45, 7) is 13.6. The fourth-order valence-corrected chi connectivity index (χ4v) is 4.00. The van der Waals surface area contributed by atoms with Gasteiger partial charge in [0.25, 0.3) is 0 Å². The number of hydrogen-bond acceptors (Lipinski definition) is 2. The maximum Gasteiger partial charge on any atom is 0.0711 e. The number of fused-ring (bicyclic) bond motifs is 1. The molecule has 0 bridgehead atoms. The van der Waals surface area contributed by atoms with E-state index >= 15 is 0 Å². The number of nitrogens with zero attached hydrogens (tertiary/aromatic N) is 2. The lowest BCUT2D eigenvalue weighted by atomic mass is 9.77. The molecule has 0 spiro atoms. The molecule has 0 fully saturated rings. The van der Waals surface area contributed by atoms with Crippen LogP contribution in [-0.2, 0) is 10.8 Å². The van der Waals surface area contributed by atoms with Crippen molar-refractivity contribution in [2.45, 2.75) is 52.4 Å². The predicted molar refractivity (Wildman–Crippen MR) is 128 cm³/mol. The minimum Gasteiger partial charge on any atom is -0.256 e. The van der Waals surface area contributed by atoms with E-state index in [4.69, 9.17) is 9.97 Å². The van der Waals surface area contributed by atoms with Crippen LogP contribution in [0.4, 0.5) is 0 Å². The molecule has 4 rings (SSSR count). The fourth-order valence-electron chi connectivity index (χ4n) is 4.00. The second kappa shape index (κ2) is 7.36. The Morgan fingerprint density at radius 2 is 1.23 bits per heavy atom. The lowest BCUT2D eigenvalue weighted by Crippen LogP contribution is -2.15. The maximum atomic E-state index is 4.73. The van der Waals surface area contributed by atoms with Crippen LogP contribution in [-0.4, -0.2) is 9.97 Å². The van der Waals surface area contributed by atoms with Crippen LogP contribution >= 0.6 is 0 Å². The van der Waals surface area contributed by atoms with Crippen LogP contribution < -0.4 is 0 Å². The summed E-state index contributed by atoms with van der Waals surface area (Å²) in [7, 11) is 0. The molecule has 0 N–H and O–H groups in total. The highest BCUT2D eigenvalue weighted by atomic mass is 14.7. The molecule has 0 aliphatic rings. The van der Waals surface area contributed by atoms with Crippen LogP contribution in [0.2, 0.25) is 0 Å². The Hall–Kier alpha value is -3.00. The molecule has 2 heterocycles. The first-order chi connectivity index (χ1) is 14.2. The topological polar surface area (TPSA) is 25.8 Å². The number of rotatable bonds is 2. The molecule has 2 nitrogen and oxygen atoms in total. The van der Waals surface area contributed by atoms with E-state index in [-0.39, 0.29) is 10.8 Å². The molecule has 0 unspecified atom stereocenters. The lowest BCUT2D eigenvalue weighted by molar-refractivity contribution is 0.590. The maximum absolute atomic E-state index is 4.73. The third-order valence-corrected chi connectivity index (χ3v) is 5.67. The van der Waals surface area contributed by atoms with E-state index in [1.54, 1.807) is 0 Å². The Morgan fingerprint density at radius 1 is 0.600 bits per heavy atom. The van der Waals surface area contributed by atoms with Crippen LogP contribution in [0.25, 0.3) is 33.3 Å². The molecule has 0 saturated heterocycles. The van der Waals surface area contributed by atoms with Gasteiger partial charge in [-0.25, -0.2) is 0 Å². The Kier molecular flexibility index (Phi) is 4.97. The van der Waals surface area contributed by atoms with Gasteiger partial charge in [0.15, 0.2) is 0 Å². The molecule has 4 aromatic rings. The largest absolute Gasteiger partial charge is 0.256 e. The van der Waals surface area contributed by atoms with Crippen molar-refractivity contribution < 1.29 is 0 Å². The minimum absolute atomic E-state index is 0.0345. The Labute approximate surface area is 180 Å². The summed E-state index contributed by atoms with van der Waals surface area (Å²) in [6, 6.07) is 21.5. The van der Waals surface area contributed by atoms with Crippen LogP contribution in [0.15, 0.2) is 73.1 Å². The second-order valence-corrected chi connectivity index (χ2v) is 10.0. The zero-order valence-corrected chi connectivity index (χ0v) is 18.8. The average Bonchev–Trinajstić information content (AvgIpc) is 2.72. The van der Waals surface area contributed by atoms with Gasteiger partial charge in [0, 0.05) is 23.5 Å². The van der Waals surface area contributed by atoms with Crippen molar-refractivity contribution in [2.24, 2.45) is 0 Å². The number of benzene rings is 2. The molecule has 0 radical (unpaired) electrons. The lowest BCUT2D eigenvalue weighted by Gasteiger charge is -2.27. The summed E-state index contributed by atoms with van der Waals surface area (Å²) in [4.78, 5) is 9.43. The summed E-state index contributed by atoms with van der Waals surface area (Å²) in [5, 5.41) is 2.46. The SMILES string of the molecule is CC(C)(C)c1ccc2c(-c3ccccn3)c(C(C)(C)C)cc(-c3ccccn3)c2c1. The molecular weight excluding hydrogens is 364 g/mol. The number of pyridine rings is 2. The Bertz CT molecular complexity index is 1180. The summed E-state index contributed by atoms with van der Waals surface area (Å²) in [6.07, 6.45) is 3.75. The monoisotopic (exact) mass is 394 g/mol. The highest BCUT2D eigenvalue weighted by molar-refractivity contribution is 6.06. The zero-order chi connectivity index (χ0) is 21.5. The standard InChI is InChI=1S/C28H30N2/c1-27(2,3)19-13-14-20-21(17-19)22(24-11-7-9-15-29-24)18-23(28(4,5)6)26(20)25-12-8-10-16-30-25/h7-18H,1-6H3. The van der Waals surface area contributed by atoms with Crippen molar-refractivity contribution in [3.63, 3.8) is 0 Å². The third-order valence-electron chi connectivity index (χ3n) is 5.67. The molecule has 0 aliphatic heterocycles. The second-order valence-electron chi connectivity index (χ2n) is 10.0. The molecule has 152 valence electrons. The van der Waals surface area contributed by atoms with Crippen molar-refractivity contribution in [3.05, 3.63) is 84.2 Å². The van der Waals surface area contributed by atoms with E-state index < -0.39 is 0 Å². The zero-order valence-electron chi connectivity index (χ0n) is 18.8. The van der Waals surface area contributed by atoms with Crippen LogP contribution in [0.5, 0.6) is 0 Å². The van der Waals surface area contributed by atoms with Crippen molar-refractivity contribution >= 4 is 10.8 Å². The van der Waals surface area contributed by atoms with Gasteiger partial charge in [0.2, 0.25) is 0 Å². The molecule has 30 heavy (non-hydrogen) atoms. The van der Waals surface area contributed by atoms with Crippen molar-refractivity contribution in [2.75, 3.05) is 0 Å². The quantitative estimate of drug-likeness (QED) is 0.350. The molecule has 2 heteroatoms. The van der Waals surface area contributed by atoms with Crippen molar-refractivity contribution in [3.8, 4) is 22.5 Å². The van der Waals surface area contributed by atoms with Crippen LogP contribution in [0.1, 0.15) is 52.7 Å². The third kappa shape index (κ3) is 3.75. The highest BCUT2D eigenvalue weighted by Gasteiger charge is 2.25. The summed E-state index contributed by atoms with van der Waals surface area (Å²) < 4.78 is 0. The highest BCUT2D eigenvalue weighted by Crippen LogP contribution is 2.43. The van der Waals surface area contributed by atoms with Crippen molar-refractivity contribution in [1.29, 1.82) is 0 Å². The van der Waals surface area contributed by atoms with Crippen LogP contribution in [0.3, 0.4) is 0 Å². The Balaban J connectivity index is 2.18. The van der Waals surface area contributed by atoms with Gasteiger partial charge in [-0.15, -0.1) is 0 Å². The first-order valence-corrected chi connectivity index (χ1v) is 10.6. The van der Waals surface area contributed by atoms with Gasteiger partial charge in [0.05, 0.1) is 11.4 Å². The van der Waals surface area contributed by atoms with E-state index in [1.165, 1.54) is 33.0 Å². The smallest absolute Gasteiger partial charge is 0.0711 e. The van der Waals surface area contributed by atoms with Gasteiger partial charge in [-0.3, -0.25) is 9.97 Å². The molecule has 2 aromatic heterocycles. The van der Waals surface area contributed by atoms with Crippen molar-refractivity contribution in [1.82, 2.24) is 9.97 Å². The molecular formula is C28H30N2. The van der Waals surface area contributed by atoms with Gasteiger partial charge >= 0.3 is 0 Å². The van der Waals surface area contributed by atoms with Gasteiger partial charge in [-0.05, 0) is 69.1 Å². The van der Waals surface area contributed by atoms with E-state index in [1.807, 2.05) is 24.5 Å². The fraction of sp³-hybridized carbons (Fsp3) is 0.286. The first kappa shape index (κ1) is 20.3. The summed E-state index contributed by atoms with van der Waals surface area (Å²) in [5.41, 5.74) is 7.08. The number of hydrogen-bond donors (Lipinski definition) is 0. The van der Waals surface area contributed by atoms with Gasteiger partial charge < -0.3 is 0 Å². The van der Waals surface area contributed by atoms with E-state index in [2.05, 4.69) is 90.1 Å². The minimum atomic E-state index is -0.0345. The van der Waals surface area contributed by atoms with Gasteiger partial charge in [-0.2, -0.15) is 0 Å². The predicted octanol–water partition coefficient (Wildman–Crippen LogP) is 7.56. The summed E-state index contributed by atoms with van der Waals surface area (Å²) in [5.74, 6) is 0. The van der Waals surface area contributed by atoms with Gasteiger partial charge in [-0.1, -0.05) is 65.8 Å². The van der Waals surface area contributed by atoms with E-state index in [9.17, 15) is 0 Å². The first-order valence-electron chi connectivity index (χ1n) is 10.6. The normalized spacial score (nSPS) is 12.3. The Morgan fingerprint density at radius 3 is 1.77 bits per heavy atom. The van der Waals surface area contributed by atoms with Crippen LogP contribution in [0, 0.1) is 0 Å². The molecule has 0 amide bonds. The van der Waals surface area contributed by atoms with E-state index in [0.717, 1.165) is 11.4 Å². The summed E-state index contributed by atoms with van der Waals surface area (Å²) >= 11 is 0. The van der Waals surface area contributed by atoms with Gasteiger partial charge in [0.1, 0.15) is 0 Å². The molecule has 0 saturated carbocycles. The molecule has 2 aromatic carbocycles. The molecule has 0 aliphatic carbocycles. The average molecular weight is 395 g/mol.